The van der Waals surface area contributed by atoms with E-state index in [2.05, 4.69) is 5.32 Å². The minimum absolute atomic E-state index is 0.0779. The van der Waals surface area contributed by atoms with Gasteiger partial charge in [-0.1, -0.05) is 91.0 Å². The Morgan fingerprint density at radius 2 is 1.03 bits per heavy atom. The number of benzene rings is 3. The van der Waals surface area contributed by atoms with Crippen LogP contribution in [0.5, 0.6) is 0 Å². The second kappa shape index (κ2) is 9.69. The predicted octanol–water partition coefficient (Wildman–Crippen LogP) is 4.74. The monoisotopic (exact) mass is 387 g/mol. The highest BCUT2D eigenvalue weighted by Gasteiger charge is 2.37. The number of carbonyl (C=O) groups is 2. The Balaban J connectivity index is 2.01. The van der Waals surface area contributed by atoms with E-state index in [-0.39, 0.29) is 18.7 Å². The third kappa shape index (κ3) is 4.91. The predicted molar refractivity (Wildman–Crippen MR) is 113 cm³/mol. The Morgan fingerprint density at radius 3 is 1.41 bits per heavy atom. The van der Waals surface area contributed by atoms with Crippen molar-refractivity contribution in [1.82, 2.24) is 5.32 Å². The van der Waals surface area contributed by atoms with Gasteiger partial charge in [-0.25, -0.2) is 0 Å². The molecule has 0 aliphatic heterocycles. The normalized spacial score (nSPS) is 11.0. The Labute approximate surface area is 171 Å². The van der Waals surface area contributed by atoms with Gasteiger partial charge in [0, 0.05) is 12.8 Å². The second-order valence-corrected chi connectivity index (χ2v) is 7.00. The lowest BCUT2D eigenvalue weighted by atomic mass is 9.77. The van der Waals surface area contributed by atoms with Gasteiger partial charge in [-0.05, 0) is 29.5 Å². The molecule has 0 aliphatic rings. The van der Waals surface area contributed by atoms with Gasteiger partial charge in [0.1, 0.15) is 5.54 Å². The molecule has 0 aliphatic carbocycles. The van der Waals surface area contributed by atoms with Crippen molar-refractivity contribution in [1.29, 1.82) is 0 Å². The highest BCUT2D eigenvalue weighted by molar-refractivity contribution is 5.79. The topological polar surface area (TPSA) is 66.4 Å². The molecule has 4 heteroatoms. The largest absolute Gasteiger partial charge is 0.481 e. The van der Waals surface area contributed by atoms with Gasteiger partial charge in [-0.15, -0.1) is 0 Å². The molecule has 3 rings (SSSR count). The van der Waals surface area contributed by atoms with Crippen LogP contribution in [-0.2, 0) is 15.1 Å². The maximum atomic E-state index is 13.0. The Kier molecular flexibility index (Phi) is 6.80. The summed E-state index contributed by atoms with van der Waals surface area (Å²) in [6, 6.07) is 29.8. The molecule has 0 saturated carbocycles. The summed E-state index contributed by atoms with van der Waals surface area (Å²) in [6.45, 7) is 0. The van der Waals surface area contributed by atoms with Crippen LogP contribution in [0.1, 0.15) is 42.4 Å². The number of unbranched alkanes of at least 4 members (excludes halogenated alkanes) is 1. The Bertz CT molecular complexity index is 827. The molecule has 2 N–H and O–H groups in total. The number of hydrogen-bond acceptors (Lipinski definition) is 2. The molecule has 0 heterocycles. The van der Waals surface area contributed by atoms with E-state index in [1.165, 1.54) is 0 Å². The minimum atomic E-state index is -0.836. The third-order valence-electron chi connectivity index (χ3n) is 4.99. The highest BCUT2D eigenvalue weighted by Crippen LogP contribution is 2.36. The third-order valence-corrected chi connectivity index (χ3v) is 4.99. The number of hydrogen-bond donors (Lipinski definition) is 2. The van der Waals surface area contributed by atoms with Crippen LogP contribution < -0.4 is 5.32 Å². The van der Waals surface area contributed by atoms with Crippen molar-refractivity contribution in [2.75, 3.05) is 0 Å². The average Bonchev–Trinajstić information content (AvgIpc) is 2.77. The van der Waals surface area contributed by atoms with Crippen molar-refractivity contribution >= 4 is 11.9 Å². The minimum Gasteiger partial charge on any atom is -0.481 e. The maximum Gasteiger partial charge on any atom is 0.303 e. The quantitative estimate of drug-likeness (QED) is 0.412. The van der Waals surface area contributed by atoms with Gasteiger partial charge < -0.3 is 10.4 Å². The molecule has 1 amide bonds. The van der Waals surface area contributed by atoms with Gasteiger partial charge in [0.05, 0.1) is 0 Å². The summed E-state index contributed by atoms with van der Waals surface area (Å²) in [5, 5.41) is 12.1. The Hall–Kier alpha value is -3.40. The van der Waals surface area contributed by atoms with E-state index in [1.807, 2.05) is 91.0 Å². The summed E-state index contributed by atoms with van der Waals surface area (Å²) in [4.78, 5) is 23.7. The number of rotatable bonds is 9. The summed E-state index contributed by atoms with van der Waals surface area (Å²) < 4.78 is 0. The van der Waals surface area contributed by atoms with Crippen molar-refractivity contribution in [3.63, 3.8) is 0 Å². The first-order chi connectivity index (χ1) is 14.1. The lowest BCUT2D eigenvalue weighted by Crippen LogP contribution is -2.47. The zero-order chi connectivity index (χ0) is 20.5. The standard InChI is InChI=1S/C25H25NO3/c27-23(18-10-11-19-24(28)29)26-25(20-12-4-1-5-13-20,21-14-6-2-7-15-21)22-16-8-3-9-17-22/h1-9,12-17H,10-11,18-19H2,(H,26,27)(H,28,29). The molecule has 148 valence electrons. The molecule has 0 spiro atoms. The number of nitrogens with one attached hydrogen (secondary N) is 1. The first-order valence-electron chi connectivity index (χ1n) is 9.82. The van der Waals surface area contributed by atoms with Crippen molar-refractivity contribution in [2.45, 2.75) is 31.2 Å². The molecule has 0 radical (unpaired) electrons. The molecular formula is C25H25NO3. The first-order valence-corrected chi connectivity index (χ1v) is 9.82. The zero-order valence-corrected chi connectivity index (χ0v) is 16.3. The molecular weight excluding hydrogens is 362 g/mol. The maximum absolute atomic E-state index is 13.0. The number of amides is 1. The average molecular weight is 387 g/mol. The van der Waals surface area contributed by atoms with Crippen LogP contribution in [0.25, 0.3) is 0 Å². The summed E-state index contributed by atoms with van der Waals surface area (Å²) in [5.41, 5.74) is 2.08. The Morgan fingerprint density at radius 1 is 0.655 bits per heavy atom. The van der Waals surface area contributed by atoms with E-state index in [9.17, 15) is 9.59 Å². The molecule has 3 aromatic carbocycles. The highest BCUT2D eigenvalue weighted by atomic mass is 16.4. The van der Waals surface area contributed by atoms with Gasteiger partial charge in [0.25, 0.3) is 0 Å². The van der Waals surface area contributed by atoms with Gasteiger partial charge in [-0.2, -0.15) is 0 Å². The van der Waals surface area contributed by atoms with Crippen LogP contribution in [0.3, 0.4) is 0 Å². The molecule has 29 heavy (non-hydrogen) atoms. The van der Waals surface area contributed by atoms with Gasteiger partial charge in [0.15, 0.2) is 0 Å². The van der Waals surface area contributed by atoms with Gasteiger partial charge in [-0.3, -0.25) is 9.59 Å². The van der Waals surface area contributed by atoms with Crippen LogP contribution in [0.4, 0.5) is 0 Å². The van der Waals surface area contributed by atoms with E-state index in [0.29, 0.717) is 12.8 Å². The smallest absolute Gasteiger partial charge is 0.303 e. The summed E-state index contributed by atoms with van der Waals surface area (Å²) >= 11 is 0. The van der Waals surface area contributed by atoms with E-state index in [0.717, 1.165) is 16.7 Å². The van der Waals surface area contributed by atoms with E-state index in [4.69, 9.17) is 5.11 Å². The van der Waals surface area contributed by atoms with E-state index >= 15 is 0 Å². The molecule has 0 saturated heterocycles. The first kappa shape index (κ1) is 20.3. The molecule has 3 aromatic rings. The molecule has 4 nitrogen and oxygen atoms in total. The number of carbonyl (C=O) groups excluding carboxylic acids is 1. The summed E-state index contributed by atoms with van der Waals surface area (Å²) in [5.74, 6) is -0.940. The van der Waals surface area contributed by atoms with Crippen LogP contribution >= 0.6 is 0 Å². The summed E-state index contributed by atoms with van der Waals surface area (Å²) in [6.07, 6.45) is 1.38. The SMILES string of the molecule is O=C(O)CCCCC(=O)NC(c1ccccc1)(c1ccccc1)c1ccccc1. The fourth-order valence-electron chi connectivity index (χ4n) is 3.61. The second-order valence-electron chi connectivity index (χ2n) is 7.00. The van der Waals surface area contributed by atoms with E-state index < -0.39 is 11.5 Å². The number of aliphatic carboxylic acids is 1. The van der Waals surface area contributed by atoms with Crippen LogP contribution in [-0.4, -0.2) is 17.0 Å². The van der Waals surface area contributed by atoms with Crippen LogP contribution in [0.2, 0.25) is 0 Å². The van der Waals surface area contributed by atoms with Crippen molar-refractivity contribution in [3.05, 3.63) is 108 Å². The number of carboxylic acids is 1. The fraction of sp³-hybridized carbons (Fsp3) is 0.200. The van der Waals surface area contributed by atoms with Gasteiger partial charge in [0.2, 0.25) is 5.91 Å². The number of carboxylic acid groups (broad SMARTS) is 1. The van der Waals surface area contributed by atoms with E-state index in [1.54, 1.807) is 0 Å². The molecule has 0 fully saturated rings. The van der Waals surface area contributed by atoms with Crippen LogP contribution in [0.15, 0.2) is 91.0 Å². The molecule has 0 bridgehead atoms. The lowest BCUT2D eigenvalue weighted by molar-refractivity contribution is -0.137. The zero-order valence-electron chi connectivity index (χ0n) is 16.3. The van der Waals surface area contributed by atoms with Gasteiger partial charge >= 0.3 is 5.97 Å². The molecule has 0 atom stereocenters. The van der Waals surface area contributed by atoms with Crippen molar-refractivity contribution < 1.29 is 14.7 Å². The van der Waals surface area contributed by atoms with Crippen LogP contribution in [0, 0.1) is 0 Å². The molecule has 0 aromatic heterocycles. The summed E-state index contributed by atoms with van der Waals surface area (Å²) in [7, 11) is 0. The lowest BCUT2D eigenvalue weighted by Gasteiger charge is -2.37. The van der Waals surface area contributed by atoms with Crippen molar-refractivity contribution in [3.8, 4) is 0 Å². The fourth-order valence-corrected chi connectivity index (χ4v) is 3.61. The molecule has 0 unspecified atom stereocenters. The van der Waals surface area contributed by atoms with Crippen molar-refractivity contribution in [2.24, 2.45) is 0 Å².